The maximum Gasteiger partial charge on any atom is 0.227 e. The molecule has 0 saturated heterocycles. The zero-order chi connectivity index (χ0) is 28.4. The molecule has 0 amide bonds. The van der Waals surface area contributed by atoms with Crippen molar-refractivity contribution in [3.8, 4) is 35.0 Å². The topological polar surface area (TPSA) is 82.2 Å². The number of hydrogen-bond acceptors (Lipinski definition) is 6. The van der Waals surface area contributed by atoms with Gasteiger partial charge in [0.15, 0.2) is 29.0 Å². The van der Waals surface area contributed by atoms with E-state index in [1.54, 1.807) is 22.8 Å². The average molecular weight is 555 g/mol. The number of pyridine rings is 1. The largest absolute Gasteiger partial charge is 0.485 e. The molecule has 40 heavy (non-hydrogen) atoms. The molecular weight excluding hydrogens is 528 g/mol. The number of imidazole rings is 1. The van der Waals surface area contributed by atoms with E-state index in [2.05, 4.69) is 9.97 Å². The second kappa shape index (κ2) is 11.4. The van der Waals surface area contributed by atoms with E-state index in [-0.39, 0.29) is 35.0 Å². The van der Waals surface area contributed by atoms with Crippen LogP contribution in [0.3, 0.4) is 0 Å². The fourth-order valence-corrected chi connectivity index (χ4v) is 5.35. The van der Waals surface area contributed by atoms with Crippen LogP contribution in [0.4, 0.5) is 17.6 Å². The Labute approximate surface area is 227 Å². The summed E-state index contributed by atoms with van der Waals surface area (Å²) in [4.78, 5) is 8.97. The lowest BCUT2D eigenvalue weighted by Crippen LogP contribution is -2.28. The number of ether oxygens (including phenoxy) is 3. The molecule has 1 saturated carbocycles. The summed E-state index contributed by atoms with van der Waals surface area (Å²) in [6.07, 6.45) is 4.47. The Morgan fingerprint density at radius 1 is 0.925 bits per heavy atom. The number of methoxy groups -OCH3 is 2. The van der Waals surface area contributed by atoms with E-state index in [1.165, 1.54) is 14.2 Å². The number of nitrogens with zero attached hydrogens (tertiary/aromatic N) is 4. The van der Waals surface area contributed by atoms with Crippen LogP contribution >= 0.6 is 0 Å². The number of aromatic nitrogens is 3. The van der Waals surface area contributed by atoms with Gasteiger partial charge in [0.05, 0.1) is 48.5 Å². The van der Waals surface area contributed by atoms with E-state index in [0.29, 0.717) is 17.3 Å². The molecule has 2 aromatic heterocycles. The maximum atomic E-state index is 14.7. The zero-order valence-corrected chi connectivity index (χ0v) is 21.9. The van der Waals surface area contributed by atoms with Crippen LogP contribution in [0.15, 0.2) is 36.4 Å². The smallest absolute Gasteiger partial charge is 0.227 e. The molecule has 208 valence electrons. The first-order valence-corrected chi connectivity index (χ1v) is 12.8. The molecule has 1 unspecified atom stereocenters. The molecule has 7 nitrogen and oxygen atoms in total. The van der Waals surface area contributed by atoms with E-state index < -0.39 is 35.1 Å². The molecule has 1 aliphatic rings. The summed E-state index contributed by atoms with van der Waals surface area (Å²) >= 11 is 0. The van der Waals surface area contributed by atoms with Crippen LogP contribution < -0.4 is 14.2 Å². The van der Waals surface area contributed by atoms with Crippen molar-refractivity contribution in [2.45, 2.75) is 38.1 Å². The number of hydrogen-bond donors (Lipinski definition) is 0. The van der Waals surface area contributed by atoms with Crippen LogP contribution in [-0.4, -0.2) is 35.4 Å². The third-order valence-electron chi connectivity index (χ3n) is 7.26. The zero-order valence-electron chi connectivity index (χ0n) is 21.9. The molecular formula is C29H26F4N4O3. The van der Waals surface area contributed by atoms with Crippen molar-refractivity contribution >= 4 is 11.0 Å². The molecule has 2 aromatic carbocycles. The summed E-state index contributed by atoms with van der Waals surface area (Å²) in [5.41, 5.74) is 0.720. The molecule has 0 spiro atoms. The number of benzene rings is 2. The molecule has 1 fully saturated rings. The molecule has 0 radical (unpaired) electrons. The lowest BCUT2D eigenvalue weighted by Gasteiger charge is -2.33. The lowest BCUT2D eigenvalue weighted by molar-refractivity contribution is 0.162. The fraction of sp³-hybridized carbons (Fsp3) is 0.345. The number of nitriles is 1. The lowest BCUT2D eigenvalue weighted by atomic mass is 9.83. The van der Waals surface area contributed by atoms with Gasteiger partial charge in [0, 0.05) is 18.2 Å². The molecule has 0 N–H and O–H groups in total. The molecule has 2 heterocycles. The Kier molecular flexibility index (Phi) is 7.78. The van der Waals surface area contributed by atoms with Crippen LogP contribution in [0, 0.1) is 40.5 Å². The summed E-state index contributed by atoms with van der Waals surface area (Å²) in [6.45, 7) is -0.201. The summed E-state index contributed by atoms with van der Waals surface area (Å²) in [6, 6.07) is 8.28. The van der Waals surface area contributed by atoms with Gasteiger partial charge in [-0.05, 0) is 37.0 Å². The predicted octanol–water partition coefficient (Wildman–Crippen LogP) is 6.74. The van der Waals surface area contributed by atoms with Crippen molar-refractivity contribution in [2.75, 3.05) is 20.8 Å². The fourth-order valence-electron chi connectivity index (χ4n) is 5.35. The van der Waals surface area contributed by atoms with Gasteiger partial charge in [-0.2, -0.15) is 10.2 Å². The molecule has 5 rings (SSSR count). The minimum absolute atomic E-state index is 0.0280. The Balaban J connectivity index is 1.69. The standard InChI is InChI=1S/C29H26F4N4O3/c1-38-26-9-8-18(29(36-26)39-2)28-35-23-12-19(30)20(31)13-24(23)37(28)25(17-6-4-3-5-7-17)15-40-27-21(32)10-16(14-34)11-22(27)33/h8-13,17,25H,3-7,15H2,1-2H3. The summed E-state index contributed by atoms with van der Waals surface area (Å²) in [5.74, 6) is -4.03. The van der Waals surface area contributed by atoms with Crippen LogP contribution in [0.5, 0.6) is 17.5 Å². The highest BCUT2D eigenvalue weighted by Gasteiger charge is 2.32. The van der Waals surface area contributed by atoms with Crippen molar-refractivity contribution < 1.29 is 31.8 Å². The van der Waals surface area contributed by atoms with E-state index in [4.69, 9.17) is 19.5 Å². The van der Waals surface area contributed by atoms with Crippen molar-refractivity contribution in [3.05, 3.63) is 65.2 Å². The minimum Gasteiger partial charge on any atom is -0.485 e. The third-order valence-corrected chi connectivity index (χ3v) is 7.26. The summed E-state index contributed by atoms with van der Waals surface area (Å²) in [7, 11) is 2.88. The van der Waals surface area contributed by atoms with Gasteiger partial charge in [0.2, 0.25) is 11.8 Å². The van der Waals surface area contributed by atoms with Crippen LogP contribution in [0.1, 0.15) is 43.7 Å². The molecule has 4 aromatic rings. The molecule has 1 aliphatic carbocycles. The van der Waals surface area contributed by atoms with E-state index in [1.807, 2.05) is 0 Å². The quantitative estimate of drug-likeness (QED) is 0.224. The molecule has 1 atom stereocenters. The highest BCUT2D eigenvalue weighted by atomic mass is 19.2. The second-order valence-electron chi connectivity index (χ2n) is 9.63. The molecule has 11 heteroatoms. The van der Waals surface area contributed by atoms with E-state index in [9.17, 15) is 17.6 Å². The van der Waals surface area contributed by atoms with Crippen LogP contribution in [-0.2, 0) is 0 Å². The van der Waals surface area contributed by atoms with Crippen molar-refractivity contribution in [1.29, 1.82) is 5.26 Å². The van der Waals surface area contributed by atoms with Gasteiger partial charge in [-0.15, -0.1) is 0 Å². The average Bonchev–Trinajstić information content (AvgIpc) is 3.31. The van der Waals surface area contributed by atoms with Crippen molar-refractivity contribution in [3.63, 3.8) is 0 Å². The first-order valence-electron chi connectivity index (χ1n) is 12.8. The van der Waals surface area contributed by atoms with Crippen molar-refractivity contribution in [2.24, 2.45) is 5.92 Å². The third kappa shape index (κ3) is 5.13. The van der Waals surface area contributed by atoms with Crippen LogP contribution in [0.2, 0.25) is 0 Å². The Bertz CT molecular complexity index is 1570. The van der Waals surface area contributed by atoms with E-state index in [0.717, 1.165) is 56.4 Å². The van der Waals surface area contributed by atoms with Crippen molar-refractivity contribution in [1.82, 2.24) is 14.5 Å². The summed E-state index contributed by atoms with van der Waals surface area (Å²) < 4.78 is 76.5. The molecule has 0 bridgehead atoms. The normalized spacial score (nSPS) is 14.6. The Hall–Kier alpha value is -4.33. The predicted molar refractivity (Wildman–Crippen MR) is 138 cm³/mol. The Morgan fingerprint density at radius 2 is 1.62 bits per heavy atom. The molecule has 0 aliphatic heterocycles. The monoisotopic (exact) mass is 554 g/mol. The highest BCUT2D eigenvalue weighted by molar-refractivity contribution is 5.82. The maximum absolute atomic E-state index is 14.7. The van der Waals surface area contributed by atoms with Gasteiger partial charge in [-0.25, -0.2) is 22.5 Å². The van der Waals surface area contributed by atoms with Crippen LogP contribution in [0.25, 0.3) is 22.4 Å². The highest BCUT2D eigenvalue weighted by Crippen LogP contribution is 2.41. The Morgan fingerprint density at radius 3 is 2.27 bits per heavy atom. The van der Waals surface area contributed by atoms with Gasteiger partial charge >= 0.3 is 0 Å². The number of fused-ring (bicyclic) bond motifs is 1. The number of halogens is 4. The first kappa shape index (κ1) is 27.2. The second-order valence-corrected chi connectivity index (χ2v) is 9.63. The minimum atomic E-state index is -1.06. The van der Waals surface area contributed by atoms with Gasteiger partial charge in [0.25, 0.3) is 0 Å². The SMILES string of the molecule is COc1ccc(-c2nc3cc(F)c(F)cc3n2C(COc2c(F)cc(C#N)cc2F)C2CCCCC2)c(OC)n1. The van der Waals surface area contributed by atoms with Gasteiger partial charge in [-0.1, -0.05) is 19.3 Å². The van der Waals surface area contributed by atoms with Gasteiger partial charge in [-0.3, -0.25) is 0 Å². The van der Waals surface area contributed by atoms with Gasteiger partial charge < -0.3 is 18.8 Å². The summed E-state index contributed by atoms with van der Waals surface area (Å²) in [5, 5.41) is 9.03. The van der Waals surface area contributed by atoms with E-state index >= 15 is 0 Å². The first-order chi connectivity index (χ1) is 19.3. The van der Waals surface area contributed by atoms with Gasteiger partial charge in [0.1, 0.15) is 12.4 Å². The number of rotatable bonds is 8.